The van der Waals surface area contributed by atoms with Gasteiger partial charge in [0.15, 0.2) is 0 Å². The largest absolute Gasteiger partial charge is 0.491 e. The highest BCUT2D eigenvalue weighted by molar-refractivity contribution is 5.94. The van der Waals surface area contributed by atoms with Crippen LogP contribution in [0.4, 0.5) is 0 Å². The van der Waals surface area contributed by atoms with Gasteiger partial charge in [-0.05, 0) is 43.2 Å². The fourth-order valence-corrected chi connectivity index (χ4v) is 3.41. The number of amides is 1. The molecule has 7 heteroatoms. The lowest BCUT2D eigenvalue weighted by Crippen LogP contribution is -2.28. The average molecular weight is 393 g/mol. The van der Waals surface area contributed by atoms with Crippen molar-refractivity contribution in [3.8, 4) is 5.75 Å². The van der Waals surface area contributed by atoms with Crippen molar-refractivity contribution < 1.29 is 14.3 Å². The Balaban J connectivity index is 1.45. The molecule has 3 aromatic rings. The highest BCUT2D eigenvalue weighted by Crippen LogP contribution is 2.18. The van der Waals surface area contributed by atoms with Gasteiger partial charge in [-0.25, -0.2) is 4.98 Å². The van der Waals surface area contributed by atoms with Crippen LogP contribution in [-0.2, 0) is 11.3 Å². The summed E-state index contributed by atoms with van der Waals surface area (Å²) in [7, 11) is 1.68. The van der Waals surface area contributed by atoms with Crippen molar-refractivity contribution in [2.24, 2.45) is 0 Å². The third-order valence-electron chi connectivity index (χ3n) is 4.94. The zero-order chi connectivity index (χ0) is 20.2. The molecule has 1 N–H and O–H groups in total. The predicted octanol–water partition coefficient (Wildman–Crippen LogP) is 2.75. The molecular weight excluding hydrogens is 370 g/mol. The number of para-hydroxylation sites is 1. The van der Waals surface area contributed by atoms with Gasteiger partial charge in [0.2, 0.25) is 0 Å². The van der Waals surface area contributed by atoms with Crippen LogP contribution in [0.5, 0.6) is 5.75 Å². The molecule has 0 radical (unpaired) electrons. The number of aromatic amines is 1. The predicted molar refractivity (Wildman–Crippen MR) is 109 cm³/mol. The quantitative estimate of drug-likeness (QED) is 0.696. The molecule has 0 bridgehead atoms. The highest BCUT2D eigenvalue weighted by atomic mass is 16.5. The zero-order valence-electron chi connectivity index (χ0n) is 16.3. The number of carbonyl (C=O) groups excluding carboxylic acids is 1. The molecule has 4 rings (SSSR count). The minimum atomic E-state index is -0.212. The molecule has 7 nitrogen and oxygen atoms in total. The summed E-state index contributed by atoms with van der Waals surface area (Å²) in [6.45, 7) is 1.46. The van der Waals surface area contributed by atoms with E-state index in [2.05, 4.69) is 9.97 Å². The molecule has 1 aromatic heterocycles. The van der Waals surface area contributed by atoms with Crippen LogP contribution in [0.3, 0.4) is 0 Å². The monoisotopic (exact) mass is 393 g/mol. The topological polar surface area (TPSA) is 84.5 Å². The van der Waals surface area contributed by atoms with Crippen LogP contribution in [-0.4, -0.2) is 47.1 Å². The maximum Gasteiger partial charge on any atom is 0.258 e. The van der Waals surface area contributed by atoms with E-state index in [1.165, 1.54) is 4.90 Å². The Morgan fingerprint density at radius 2 is 2.14 bits per heavy atom. The molecule has 1 fully saturated rings. The summed E-state index contributed by atoms with van der Waals surface area (Å²) < 4.78 is 11.3. The number of hydrogen-bond donors (Lipinski definition) is 1. The summed E-state index contributed by atoms with van der Waals surface area (Å²) in [6, 6.07) is 14.2. The van der Waals surface area contributed by atoms with Gasteiger partial charge in [-0.15, -0.1) is 0 Å². The van der Waals surface area contributed by atoms with Crippen molar-refractivity contribution >= 4 is 16.8 Å². The Kier molecular flexibility index (Phi) is 5.57. The van der Waals surface area contributed by atoms with Crippen molar-refractivity contribution in [2.45, 2.75) is 25.5 Å². The van der Waals surface area contributed by atoms with Gasteiger partial charge in [0, 0.05) is 19.2 Å². The van der Waals surface area contributed by atoms with Crippen LogP contribution < -0.4 is 10.3 Å². The molecule has 0 saturated carbocycles. The van der Waals surface area contributed by atoms with Crippen molar-refractivity contribution in [2.75, 3.05) is 20.3 Å². The first-order chi connectivity index (χ1) is 14.1. The molecule has 0 spiro atoms. The van der Waals surface area contributed by atoms with Crippen molar-refractivity contribution in [1.29, 1.82) is 0 Å². The maximum absolute atomic E-state index is 12.8. The number of ether oxygens (including phenoxy) is 2. The molecule has 1 saturated heterocycles. The van der Waals surface area contributed by atoms with Crippen LogP contribution in [0.2, 0.25) is 0 Å². The number of nitrogens with zero attached hydrogens (tertiary/aromatic N) is 2. The number of aromatic nitrogens is 2. The molecule has 0 unspecified atom stereocenters. The summed E-state index contributed by atoms with van der Waals surface area (Å²) in [6.07, 6.45) is 2.17. The van der Waals surface area contributed by atoms with E-state index in [-0.39, 0.29) is 24.1 Å². The molecule has 2 aromatic carbocycles. The number of nitrogens with one attached hydrogen (secondary N) is 1. The first kappa shape index (κ1) is 19.1. The van der Waals surface area contributed by atoms with Crippen molar-refractivity contribution in [1.82, 2.24) is 14.9 Å². The van der Waals surface area contributed by atoms with Gasteiger partial charge in [0.1, 0.15) is 18.2 Å². The van der Waals surface area contributed by atoms with E-state index < -0.39 is 0 Å². The number of hydrogen-bond acceptors (Lipinski definition) is 5. The fourth-order valence-electron chi connectivity index (χ4n) is 3.41. The molecule has 150 valence electrons. The van der Waals surface area contributed by atoms with Gasteiger partial charge in [-0.1, -0.05) is 18.2 Å². The second-order valence-corrected chi connectivity index (χ2v) is 7.16. The lowest BCUT2D eigenvalue weighted by molar-refractivity contribution is 0.0678. The molecule has 29 heavy (non-hydrogen) atoms. The number of rotatable bonds is 6. The maximum atomic E-state index is 12.8. The second kappa shape index (κ2) is 8.45. The Bertz CT molecular complexity index is 1070. The summed E-state index contributed by atoms with van der Waals surface area (Å²) in [5, 5.41) is 0.529. The van der Waals surface area contributed by atoms with Crippen LogP contribution in [0.15, 0.2) is 53.3 Å². The Morgan fingerprint density at radius 1 is 1.28 bits per heavy atom. The normalized spacial score (nSPS) is 16.1. The van der Waals surface area contributed by atoms with Crippen molar-refractivity contribution in [3.63, 3.8) is 0 Å². The number of benzene rings is 2. The second-order valence-electron chi connectivity index (χ2n) is 7.16. The van der Waals surface area contributed by atoms with Gasteiger partial charge in [-0.3, -0.25) is 9.59 Å². The molecule has 1 aliphatic heterocycles. The van der Waals surface area contributed by atoms with Crippen molar-refractivity contribution in [3.05, 3.63) is 70.3 Å². The van der Waals surface area contributed by atoms with E-state index in [0.717, 1.165) is 19.4 Å². The van der Waals surface area contributed by atoms with Gasteiger partial charge in [0.05, 0.1) is 23.6 Å². The Hall–Kier alpha value is -3.19. The minimum absolute atomic E-state index is 0.118. The summed E-state index contributed by atoms with van der Waals surface area (Å²) in [5.74, 6) is 0.899. The van der Waals surface area contributed by atoms with Gasteiger partial charge >= 0.3 is 0 Å². The number of H-pyrrole nitrogens is 1. The molecule has 2 heterocycles. The third-order valence-corrected chi connectivity index (χ3v) is 4.94. The van der Waals surface area contributed by atoms with E-state index >= 15 is 0 Å². The summed E-state index contributed by atoms with van der Waals surface area (Å²) in [5.41, 5.74) is 0.910. The Labute approximate surface area is 168 Å². The van der Waals surface area contributed by atoms with Crippen LogP contribution in [0.25, 0.3) is 10.9 Å². The molecule has 1 atom stereocenters. The van der Waals surface area contributed by atoms with Gasteiger partial charge in [-0.2, -0.15) is 0 Å². The molecular formula is C22H23N3O4. The Morgan fingerprint density at radius 3 is 2.97 bits per heavy atom. The van der Waals surface area contributed by atoms with Crippen LogP contribution in [0, 0.1) is 0 Å². The van der Waals surface area contributed by atoms with E-state index in [1.54, 1.807) is 43.4 Å². The van der Waals surface area contributed by atoms with E-state index in [0.29, 0.717) is 34.6 Å². The average Bonchev–Trinajstić information content (AvgIpc) is 3.26. The fraction of sp³-hybridized carbons (Fsp3) is 0.318. The molecule has 0 aliphatic carbocycles. The van der Waals surface area contributed by atoms with Gasteiger partial charge in [0.25, 0.3) is 11.5 Å². The van der Waals surface area contributed by atoms with E-state index in [4.69, 9.17) is 9.47 Å². The zero-order valence-corrected chi connectivity index (χ0v) is 16.3. The lowest BCUT2D eigenvalue weighted by Gasteiger charge is -2.17. The third kappa shape index (κ3) is 4.46. The molecule has 1 amide bonds. The molecule has 1 aliphatic rings. The highest BCUT2D eigenvalue weighted by Gasteiger charge is 2.17. The van der Waals surface area contributed by atoms with E-state index in [9.17, 15) is 9.59 Å². The summed E-state index contributed by atoms with van der Waals surface area (Å²) in [4.78, 5) is 33.8. The van der Waals surface area contributed by atoms with Crippen LogP contribution >= 0.6 is 0 Å². The van der Waals surface area contributed by atoms with E-state index in [1.807, 2.05) is 12.1 Å². The summed E-state index contributed by atoms with van der Waals surface area (Å²) >= 11 is 0. The first-order valence-electron chi connectivity index (χ1n) is 9.68. The van der Waals surface area contributed by atoms with Gasteiger partial charge < -0.3 is 19.4 Å². The minimum Gasteiger partial charge on any atom is -0.491 e. The number of fused-ring (bicyclic) bond motifs is 1. The smallest absolute Gasteiger partial charge is 0.258 e. The first-order valence-corrected chi connectivity index (χ1v) is 9.68. The standard InChI is InChI=1S/C22H23N3O4/c1-25(13-20-23-19-10-3-2-9-18(19)21(26)24-20)22(27)15-6-4-7-16(12-15)29-14-17-8-5-11-28-17/h2-4,6-7,9-10,12,17H,5,8,11,13-14H2,1H3,(H,23,24,26)/t17-/m0/s1. The van der Waals surface area contributed by atoms with Crippen LogP contribution in [0.1, 0.15) is 29.0 Å². The SMILES string of the molecule is CN(Cc1nc2ccccc2c(=O)[nH]1)C(=O)c1cccc(OC[C@@H]2CCCO2)c1. The lowest BCUT2D eigenvalue weighted by atomic mass is 10.2. The number of carbonyl (C=O) groups is 1.